The maximum absolute atomic E-state index is 10.1. The Morgan fingerprint density at radius 2 is 2.00 bits per heavy atom. The van der Waals surface area contributed by atoms with Crippen LogP contribution in [0.4, 0.5) is 0 Å². The molecule has 0 amide bonds. The molecule has 13 heavy (non-hydrogen) atoms. The summed E-state index contributed by atoms with van der Waals surface area (Å²) in [6, 6.07) is 0. The fraction of sp³-hybridized carbons (Fsp3) is 0.818. The van der Waals surface area contributed by atoms with E-state index in [1.165, 1.54) is 0 Å². The van der Waals surface area contributed by atoms with E-state index in [2.05, 4.69) is 6.58 Å². The number of hydrogen-bond acceptors (Lipinski definition) is 2. The number of allylic oxidation sites excluding steroid dienone is 1. The quantitative estimate of drug-likeness (QED) is 0.599. The molecule has 2 atom stereocenters. The van der Waals surface area contributed by atoms with Gasteiger partial charge in [0.25, 0.3) is 0 Å². The van der Waals surface area contributed by atoms with Crippen molar-refractivity contribution < 1.29 is 10.2 Å². The van der Waals surface area contributed by atoms with Crippen LogP contribution >= 0.6 is 0 Å². The SMILES string of the molecule is C=CCCC(O)(CCC)C(O)CC. The van der Waals surface area contributed by atoms with Gasteiger partial charge in [-0.05, 0) is 25.7 Å². The molecule has 0 aromatic rings. The van der Waals surface area contributed by atoms with E-state index in [1.54, 1.807) is 6.08 Å². The molecular weight excluding hydrogens is 164 g/mol. The Hall–Kier alpha value is -0.340. The van der Waals surface area contributed by atoms with Gasteiger partial charge >= 0.3 is 0 Å². The Bertz CT molecular complexity index is 145. The second-order valence-corrected chi connectivity index (χ2v) is 3.60. The highest BCUT2D eigenvalue weighted by atomic mass is 16.3. The van der Waals surface area contributed by atoms with Crippen LogP contribution in [0.5, 0.6) is 0 Å². The summed E-state index contributed by atoms with van der Waals surface area (Å²) in [7, 11) is 0. The molecule has 0 spiro atoms. The zero-order valence-electron chi connectivity index (χ0n) is 8.79. The third kappa shape index (κ3) is 3.92. The predicted molar refractivity (Wildman–Crippen MR) is 55.6 cm³/mol. The third-order valence-corrected chi connectivity index (χ3v) is 2.47. The third-order valence-electron chi connectivity index (χ3n) is 2.47. The zero-order chi connectivity index (χ0) is 10.3. The highest BCUT2D eigenvalue weighted by Gasteiger charge is 2.32. The maximum atomic E-state index is 10.1. The van der Waals surface area contributed by atoms with Crippen LogP contribution in [-0.4, -0.2) is 21.9 Å². The summed E-state index contributed by atoms with van der Waals surface area (Å²) < 4.78 is 0. The van der Waals surface area contributed by atoms with E-state index in [1.807, 2.05) is 13.8 Å². The van der Waals surface area contributed by atoms with Crippen molar-refractivity contribution in [1.29, 1.82) is 0 Å². The molecule has 0 aliphatic heterocycles. The molecule has 2 unspecified atom stereocenters. The van der Waals surface area contributed by atoms with Crippen molar-refractivity contribution in [3.05, 3.63) is 12.7 Å². The van der Waals surface area contributed by atoms with Gasteiger partial charge in [0.15, 0.2) is 0 Å². The van der Waals surface area contributed by atoms with Crippen molar-refractivity contribution >= 4 is 0 Å². The summed E-state index contributed by atoms with van der Waals surface area (Å²) in [6.45, 7) is 7.52. The lowest BCUT2D eigenvalue weighted by Gasteiger charge is -2.32. The first-order valence-electron chi connectivity index (χ1n) is 5.12. The summed E-state index contributed by atoms with van der Waals surface area (Å²) in [5.74, 6) is 0. The number of aliphatic hydroxyl groups is 2. The van der Waals surface area contributed by atoms with Gasteiger partial charge in [-0.1, -0.05) is 26.3 Å². The zero-order valence-corrected chi connectivity index (χ0v) is 8.79. The number of aliphatic hydroxyl groups excluding tert-OH is 1. The van der Waals surface area contributed by atoms with E-state index in [-0.39, 0.29) is 0 Å². The summed E-state index contributed by atoms with van der Waals surface area (Å²) in [6.07, 6.45) is 4.71. The Morgan fingerprint density at radius 1 is 1.38 bits per heavy atom. The van der Waals surface area contributed by atoms with Gasteiger partial charge in [-0.2, -0.15) is 0 Å². The van der Waals surface area contributed by atoms with Crippen LogP contribution in [-0.2, 0) is 0 Å². The van der Waals surface area contributed by atoms with Crippen molar-refractivity contribution in [2.45, 2.75) is 57.7 Å². The first-order valence-corrected chi connectivity index (χ1v) is 5.12. The van der Waals surface area contributed by atoms with Crippen LogP contribution in [0.1, 0.15) is 46.0 Å². The summed E-state index contributed by atoms with van der Waals surface area (Å²) in [5, 5.41) is 19.8. The van der Waals surface area contributed by atoms with Crippen molar-refractivity contribution in [3.63, 3.8) is 0 Å². The Labute approximate surface area is 81.3 Å². The topological polar surface area (TPSA) is 40.5 Å². The molecule has 78 valence electrons. The predicted octanol–water partition coefficient (Wildman–Crippen LogP) is 2.25. The molecule has 2 N–H and O–H groups in total. The van der Waals surface area contributed by atoms with Gasteiger partial charge < -0.3 is 10.2 Å². The van der Waals surface area contributed by atoms with Gasteiger partial charge in [-0.3, -0.25) is 0 Å². The molecule has 0 aliphatic rings. The van der Waals surface area contributed by atoms with Crippen LogP contribution in [0.3, 0.4) is 0 Å². The average Bonchev–Trinajstić information content (AvgIpc) is 2.14. The van der Waals surface area contributed by atoms with Crippen molar-refractivity contribution in [2.24, 2.45) is 0 Å². The lowest BCUT2D eigenvalue weighted by Crippen LogP contribution is -2.41. The minimum atomic E-state index is -0.905. The monoisotopic (exact) mass is 186 g/mol. The molecule has 0 rings (SSSR count). The number of hydrogen-bond donors (Lipinski definition) is 2. The average molecular weight is 186 g/mol. The van der Waals surface area contributed by atoms with Gasteiger partial charge in [-0.25, -0.2) is 0 Å². The molecule has 0 aliphatic carbocycles. The first-order chi connectivity index (χ1) is 6.10. The molecule has 0 fully saturated rings. The molecule has 0 saturated heterocycles. The minimum absolute atomic E-state index is 0.604. The highest BCUT2D eigenvalue weighted by Crippen LogP contribution is 2.25. The molecule has 2 nitrogen and oxygen atoms in total. The fourth-order valence-corrected chi connectivity index (χ4v) is 1.62. The van der Waals surface area contributed by atoms with E-state index in [9.17, 15) is 10.2 Å². The standard InChI is InChI=1S/C11H22O2/c1-4-7-9-11(13,8-5-2)10(12)6-3/h4,10,12-13H,1,5-9H2,2-3H3. The molecule has 0 aromatic heterocycles. The van der Waals surface area contributed by atoms with Gasteiger partial charge in [0, 0.05) is 0 Å². The molecule has 0 saturated carbocycles. The molecule has 0 heterocycles. The largest absolute Gasteiger partial charge is 0.390 e. The van der Waals surface area contributed by atoms with Crippen LogP contribution in [0.15, 0.2) is 12.7 Å². The van der Waals surface area contributed by atoms with E-state index < -0.39 is 11.7 Å². The van der Waals surface area contributed by atoms with Crippen LogP contribution in [0.25, 0.3) is 0 Å². The van der Waals surface area contributed by atoms with E-state index in [4.69, 9.17) is 0 Å². The fourth-order valence-electron chi connectivity index (χ4n) is 1.62. The van der Waals surface area contributed by atoms with Crippen molar-refractivity contribution in [3.8, 4) is 0 Å². The Morgan fingerprint density at radius 3 is 2.38 bits per heavy atom. The summed E-state index contributed by atoms with van der Waals surface area (Å²) in [4.78, 5) is 0. The normalized spacial score (nSPS) is 17.8. The van der Waals surface area contributed by atoms with E-state index in [0.29, 0.717) is 19.3 Å². The van der Waals surface area contributed by atoms with E-state index in [0.717, 1.165) is 12.8 Å². The minimum Gasteiger partial charge on any atom is -0.390 e. The Balaban J connectivity index is 4.22. The van der Waals surface area contributed by atoms with E-state index >= 15 is 0 Å². The van der Waals surface area contributed by atoms with Gasteiger partial charge in [0.05, 0.1) is 11.7 Å². The first kappa shape index (κ1) is 12.7. The van der Waals surface area contributed by atoms with Crippen LogP contribution in [0.2, 0.25) is 0 Å². The van der Waals surface area contributed by atoms with Crippen LogP contribution < -0.4 is 0 Å². The molecule has 2 heteroatoms. The Kier molecular flexibility index (Phi) is 6.00. The second kappa shape index (κ2) is 6.17. The lowest BCUT2D eigenvalue weighted by molar-refractivity contribution is -0.0864. The second-order valence-electron chi connectivity index (χ2n) is 3.60. The summed E-state index contributed by atoms with van der Waals surface area (Å²) in [5.41, 5.74) is -0.905. The maximum Gasteiger partial charge on any atom is 0.0908 e. The molecule has 0 radical (unpaired) electrons. The van der Waals surface area contributed by atoms with Gasteiger partial charge in [0.1, 0.15) is 0 Å². The smallest absolute Gasteiger partial charge is 0.0908 e. The van der Waals surface area contributed by atoms with Gasteiger partial charge in [0.2, 0.25) is 0 Å². The van der Waals surface area contributed by atoms with Gasteiger partial charge in [-0.15, -0.1) is 6.58 Å². The lowest BCUT2D eigenvalue weighted by atomic mass is 9.85. The van der Waals surface area contributed by atoms with Crippen molar-refractivity contribution in [1.82, 2.24) is 0 Å². The van der Waals surface area contributed by atoms with Crippen LogP contribution in [0, 0.1) is 0 Å². The molecular formula is C11H22O2. The molecule has 0 bridgehead atoms. The van der Waals surface area contributed by atoms with Crippen molar-refractivity contribution in [2.75, 3.05) is 0 Å². The highest BCUT2D eigenvalue weighted by molar-refractivity contribution is 4.87. The molecule has 0 aromatic carbocycles. The summed E-state index contributed by atoms with van der Waals surface area (Å²) >= 11 is 0. The number of rotatable bonds is 7.